The van der Waals surface area contributed by atoms with Gasteiger partial charge in [0.2, 0.25) is 0 Å². The average molecular weight is 277 g/mol. The molecule has 0 heterocycles. The molecule has 1 aromatic rings. The van der Waals surface area contributed by atoms with E-state index in [0.29, 0.717) is 12.1 Å². The van der Waals surface area contributed by atoms with Crippen LogP contribution in [0.1, 0.15) is 31.1 Å². The fourth-order valence-corrected chi connectivity index (χ4v) is 2.35. The van der Waals surface area contributed by atoms with Crippen molar-refractivity contribution in [3.8, 4) is 0 Å². The molecule has 4 nitrogen and oxygen atoms in total. The minimum atomic E-state index is -0.0200. The lowest BCUT2D eigenvalue weighted by Crippen LogP contribution is -2.40. The number of hydrogen-bond acceptors (Lipinski definition) is 3. The number of carbonyl (C=O) groups is 1. The number of nitrogens with one attached hydrogen (secondary N) is 2. The van der Waals surface area contributed by atoms with Crippen LogP contribution in [0.4, 0.5) is 5.69 Å². The van der Waals surface area contributed by atoms with E-state index in [1.807, 2.05) is 45.3 Å². The van der Waals surface area contributed by atoms with Gasteiger partial charge in [-0.05, 0) is 38.6 Å². The third kappa shape index (κ3) is 5.21. The molecule has 0 aliphatic rings. The van der Waals surface area contributed by atoms with Crippen LogP contribution in [0.15, 0.2) is 24.3 Å². The third-order valence-corrected chi connectivity index (χ3v) is 3.01. The third-order valence-electron chi connectivity index (χ3n) is 3.01. The standard InChI is InChI=1S/C16H27N3O/c1-6-17-14-10-8-7-9-13(14)15(20)18-11-16(2,3)12-19(4)5/h7-10,17H,6,11-12H2,1-5H3,(H,18,20). The highest BCUT2D eigenvalue weighted by atomic mass is 16.1. The summed E-state index contributed by atoms with van der Waals surface area (Å²) in [7, 11) is 4.09. The number of carbonyl (C=O) groups excluding carboxylic acids is 1. The molecule has 2 N–H and O–H groups in total. The molecular weight excluding hydrogens is 250 g/mol. The fourth-order valence-electron chi connectivity index (χ4n) is 2.35. The second-order valence-corrected chi connectivity index (χ2v) is 6.16. The Labute approximate surface area is 122 Å². The lowest BCUT2D eigenvalue weighted by molar-refractivity contribution is 0.0930. The van der Waals surface area contributed by atoms with Gasteiger partial charge in [0.25, 0.3) is 5.91 Å². The quantitative estimate of drug-likeness (QED) is 0.804. The van der Waals surface area contributed by atoms with E-state index in [1.165, 1.54) is 0 Å². The molecule has 0 saturated carbocycles. The SMILES string of the molecule is CCNc1ccccc1C(=O)NCC(C)(C)CN(C)C. The first-order valence-electron chi connectivity index (χ1n) is 7.11. The summed E-state index contributed by atoms with van der Waals surface area (Å²) >= 11 is 0. The Balaban J connectivity index is 2.68. The molecule has 0 unspecified atom stereocenters. The Morgan fingerprint density at radius 3 is 2.50 bits per heavy atom. The monoisotopic (exact) mass is 277 g/mol. The van der Waals surface area contributed by atoms with E-state index in [4.69, 9.17) is 0 Å². The number of nitrogens with zero attached hydrogens (tertiary/aromatic N) is 1. The lowest BCUT2D eigenvalue weighted by atomic mass is 9.93. The van der Waals surface area contributed by atoms with Crippen molar-refractivity contribution in [1.29, 1.82) is 0 Å². The van der Waals surface area contributed by atoms with Crippen LogP contribution < -0.4 is 10.6 Å². The van der Waals surface area contributed by atoms with Crippen LogP contribution in [0.25, 0.3) is 0 Å². The van der Waals surface area contributed by atoms with E-state index in [-0.39, 0.29) is 11.3 Å². The summed E-state index contributed by atoms with van der Waals surface area (Å²) in [5.41, 5.74) is 1.64. The van der Waals surface area contributed by atoms with Crippen molar-refractivity contribution < 1.29 is 4.79 Å². The minimum absolute atomic E-state index is 0.0200. The molecule has 0 bridgehead atoms. The zero-order valence-corrected chi connectivity index (χ0v) is 13.3. The molecule has 0 aromatic heterocycles. The number of rotatable bonds is 7. The van der Waals surface area contributed by atoms with E-state index in [2.05, 4.69) is 29.4 Å². The van der Waals surface area contributed by atoms with E-state index in [0.717, 1.165) is 18.8 Å². The summed E-state index contributed by atoms with van der Waals surface area (Å²) in [6.07, 6.45) is 0. The molecule has 1 rings (SSSR count). The Hall–Kier alpha value is -1.55. The van der Waals surface area contributed by atoms with Gasteiger partial charge in [-0.2, -0.15) is 0 Å². The van der Waals surface area contributed by atoms with Gasteiger partial charge in [-0.1, -0.05) is 26.0 Å². The van der Waals surface area contributed by atoms with Crippen LogP contribution in [-0.2, 0) is 0 Å². The predicted molar refractivity (Wildman–Crippen MR) is 85.3 cm³/mol. The summed E-state index contributed by atoms with van der Waals surface area (Å²) in [4.78, 5) is 14.4. The van der Waals surface area contributed by atoms with Crippen molar-refractivity contribution in [2.75, 3.05) is 39.0 Å². The van der Waals surface area contributed by atoms with Gasteiger partial charge in [0.1, 0.15) is 0 Å². The summed E-state index contributed by atoms with van der Waals surface area (Å²) in [5, 5.41) is 6.26. The fraction of sp³-hybridized carbons (Fsp3) is 0.562. The Morgan fingerprint density at radius 1 is 1.25 bits per heavy atom. The van der Waals surface area contributed by atoms with Crippen LogP contribution in [0.3, 0.4) is 0 Å². The predicted octanol–water partition coefficient (Wildman–Crippen LogP) is 2.44. The molecule has 0 radical (unpaired) electrons. The maximum Gasteiger partial charge on any atom is 0.253 e. The number of para-hydroxylation sites is 1. The van der Waals surface area contributed by atoms with E-state index < -0.39 is 0 Å². The summed E-state index contributed by atoms with van der Waals surface area (Å²) in [5.74, 6) is -0.0200. The highest BCUT2D eigenvalue weighted by Gasteiger charge is 2.20. The second kappa shape index (κ2) is 7.29. The van der Waals surface area contributed by atoms with Gasteiger partial charge in [-0.25, -0.2) is 0 Å². The lowest BCUT2D eigenvalue weighted by Gasteiger charge is -2.28. The van der Waals surface area contributed by atoms with Gasteiger partial charge in [0.05, 0.1) is 5.56 Å². The number of benzene rings is 1. The first kappa shape index (κ1) is 16.5. The number of anilines is 1. The molecule has 1 amide bonds. The Bertz CT molecular complexity index is 441. The Morgan fingerprint density at radius 2 is 1.90 bits per heavy atom. The van der Waals surface area contributed by atoms with Gasteiger partial charge in [-0.3, -0.25) is 4.79 Å². The molecule has 20 heavy (non-hydrogen) atoms. The van der Waals surface area contributed by atoms with Crippen molar-refractivity contribution in [3.63, 3.8) is 0 Å². The van der Waals surface area contributed by atoms with Crippen LogP contribution in [0.2, 0.25) is 0 Å². The average Bonchev–Trinajstić information content (AvgIpc) is 2.36. The van der Waals surface area contributed by atoms with Gasteiger partial charge < -0.3 is 15.5 Å². The summed E-state index contributed by atoms with van der Waals surface area (Å²) in [6, 6.07) is 7.61. The van der Waals surface area contributed by atoms with Crippen LogP contribution in [0.5, 0.6) is 0 Å². The van der Waals surface area contributed by atoms with Gasteiger partial charge in [0, 0.05) is 25.3 Å². The summed E-state index contributed by atoms with van der Waals surface area (Å²) < 4.78 is 0. The van der Waals surface area contributed by atoms with Gasteiger partial charge in [-0.15, -0.1) is 0 Å². The zero-order valence-electron chi connectivity index (χ0n) is 13.3. The van der Waals surface area contributed by atoms with Crippen LogP contribution in [0, 0.1) is 5.41 Å². The first-order valence-corrected chi connectivity index (χ1v) is 7.11. The van der Waals surface area contributed by atoms with Crippen molar-refractivity contribution in [2.24, 2.45) is 5.41 Å². The Kier molecular flexibility index (Phi) is 6.02. The van der Waals surface area contributed by atoms with E-state index in [1.54, 1.807) is 0 Å². The molecule has 0 spiro atoms. The van der Waals surface area contributed by atoms with Crippen molar-refractivity contribution >= 4 is 11.6 Å². The van der Waals surface area contributed by atoms with Crippen molar-refractivity contribution in [2.45, 2.75) is 20.8 Å². The smallest absolute Gasteiger partial charge is 0.253 e. The molecule has 0 atom stereocenters. The number of hydrogen-bond donors (Lipinski definition) is 2. The maximum atomic E-state index is 12.3. The number of amides is 1. The van der Waals surface area contributed by atoms with Crippen molar-refractivity contribution in [1.82, 2.24) is 10.2 Å². The van der Waals surface area contributed by atoms with E-state index in [9.17, 15) is 4.79 Å². The topological polar surface area (TPSA) is 44.4 Å². The molecule has 4 heteroatoms. The molecule has 0 saturated heterocycles. The molecule has 0 aliphatic heterocycles. The maximum absolute atomic E-state index is 12.3. The minimum Gasteiger partial charge on any atom is -0.385 e. The molecule has 0 aliphatic carbocycles. The second-order valence-electron chi connectivity index (χ2n) is 6.16. The van der Waals surface area contributed by atoms with Gasteiger partial charge >= 0.3 is 0 Å². The highest BCUT2D eigenvalue weighted by molar-refractivity contribution is 5.99. The molecule has 112 valence electrons. The zero-order chi connectivity index (χ0) is 15.2. The molecule has 1 aromatic carbocycles. The van der Waals surface area contributed by atoms with Crippen LogP contribution >= 0.6 is 0 Å². The normalized spacial score (nSPS) is 11.5. The van der Waals surface area contributed by atoms with E-state index >= 15 is 0 Å². The summed E-state index contributed by atoms with van der Waals surface area (Å²) in [6.45, 7) is 8.73. The van der Waals surface area contributed by atoms with Crippen LogP contribution in [-0.4, -0.2) is 44.5 Å². The van der Waals surface area contributed by atoms with Gasteiger partial charge in [0.15, 0.2) is 0 Å². The molecule has 0 fully saturated rings. The highest BCUT2D eigenvalue weighted by Crippen LogP contribution is 2.17. The largest absolute Gasteiger partial charge is 0.385 e. The first-order chi connectivity index (χ1) is 9.35. The van der Waals surface area contributed by atoms with Crippen molar-refractivity contribution in [3.05, 3.63) is 29.8 Å². The molecular formula is C16H27N3O.